The number of methoxy groups -OCH3 is 1. The van der Waals surface area contributed by atoms with E-state index in [2.05, 4.69) is 23.8 Å². The van der Waals surface area contributed by atoms with Gasteiger partial charge in [0.1, 0.15) is 6.33 Å². The van der Waals surface area contributed by atoms with Crippen molar-refractivity contribution < 1.29 is 9.84 Å². The summed E-state index contributed by atoms with van der Waals surface area (Å²) in [5.74, 6) is 1.08. The summed E-state index contributed by atoms with van der Waals surface area (Å²) < 4.78 is 4.97. The van der Waals surface area contributed by atoms with Crippen LogP contribution in [0.4, 0.5) is 0 Å². The molecule has 1 rings (SSSR count). The Labute approximate surface area is 90.3 Å². The fourth-order valence-corrected chi connectivity index (χ4v) is 1.29. The largest absolute Gasteiger partial charge is 0.481 e. The molecule has 1 aromatic rings. The first-order valence-corrected chi connectivity index (χ1v) is 5.17. The minimum Gasteiger partial charge on any atom is -0.481 e. The van der Waals surface area contributed by atoms with Crippen LogP contribution >= 0.6 is 0 Å². The van der Waals surface area contributed by atoms with Crippen LogP contribution in [0.25, 0.3) is 0 Å². The van der Waals surface area contributed by atoms with E-state index in [1.54, 1.807) is 13.2 Å². The summed E-state index contributed by atoms with van der Waals surface area (Å²) in [5.41, 5.74) is 0.627. The van der Waals surface area contributed by atoms with Gasteiger partial charge in [-0.25, -0.2) is 9.97 Å². The molecule has 1 N–H and O–H groups in total. The Bertz CT molecular complexity index is 302. The van der Waals surface area contributed by atoms with Gasteiger partial charge in [0.15, 0.2) is 0 Å². The summed E-state index contributed by atoms with van der Waals surface area (Å²) >= 11 is 0. The summed E-state index contributed by atoms with van der Waals surface area (Å²) in [7, 11) is 1.55. The molecular formula is C11H18N2O2. The maximum Gasteiger partial charge on any atom is 0.216 e. The summed E-state index contributed by atoms with van der Waals surface area (Å²) in [6.45, 7) is 4.26. The van der Waals surface area contributed by atoms with E-state index in [4.69, 9.17) is 4.74 Å². The predicted molar refractivity (Wildman–Crippen MR) is 57.6 cm³/mol. The van der Waals surface area contributed by atoms with E-state index >= 15 is 0 Å². The van der Waals surface area contributed by atoms with E-state index in [1.807, 2.05) is 0 Å². The first kappa shape index (κ1) is 11.9. The van der Waals surface area contributed by atoms with Crippen LogP contribution in [0.15, 0.2) is 12.4 Å². The lowest BCUT2D eigenvalue weighted by Gasteiger charge is -2.11. The molecule has 1 unspecified atom stereocenters. The zero-order valence-corrected chi connectivity index (χ0v) is 9.47. The van der Waals surface area contributed by atoms with Gasteiger partial charge >= 0.3 is 0 Å². The number of nitrogens with zero attached hydrogens (tertiary/aromatic N) is 2. The lowest BCUT2D eigenvalue weighted by Crippen LogP contribution is -2.03. The van der Waals surface area contributed by atoms with E-state index in [1.165, 1.54) is 6.33 Å². The van der Waals surface area contributed by atoms with Crippen molar-refractivity contribution in [2.24, 2.45) is 5.92 Å². The molecular weight excluding hydrogens is 192 g/mol. The van der Waals surface area contributed by atoms with Crippen molar-refractivity contribution in [1.82, 2.24) is 9.97 Å². The third-order valence-electron chi connectivity index (χ3n) is 2.23. The SMILES string of the molecule is COc1cc(C(O)CCC(C)C)ncn1. The van der Waals surface area contributed by atoms with Crippen LogP contribution in [0.5, 0.6) is 5.88 Å². The van der Waals surface area contributed by atoms with Gasteiger partial charge in [0, 0.05) is 6.07 Å². The second kappa shape index (κ2) is 5.66. The van der Waals surface area contributed by atoms with Gasteiger partial charge in [-0.2, -0.15) is 0 Å². The number of ether oxygens (including phenoxy) is 1. The average molecular weight is 210 g/mol. The van der Waals surface area contributed by atoms with Gasteiger partial charge in [-0.3, -0.25) is 0 Å². The predicted octanol–water partition coefficient (Wildman–Crippen LogP) is 1.95. The van der Waals surface area contributed by atoms with Gasteiger partial charge < -0.3 is 9.84 Å². The maximum absolute atomic E-state index is 9.84. The second-order valence-corrected chi connectivity index (χ2v) is 3.97. The Morgan fingerprint density at radius 3 is 2.67 bits per heavy atom. The summed E-state index contributed by atoms with van der Waals surface area (Å²) in [4.78, 5) is 7.92. The molecule has 0 aliphatic rings. The van der Waals surface area contributed by atoms with Crippen LogP contribution in [-0.4, -0.2) is 22.2 Å². The molecule has 0 amide bonds. The first-order chi connectivity index (χ1) is 7.13. The molecule has 1 heterocycles. The van der Waals surface area contributed by atoms with Gasteiger partial charge in [0.05, 0.1) is 18.9 Å². The monoisotopic (exact) mass is 210 g/mol. The van der Waals surface area contributed by atoms with Crippen molar-refractivity contribution >= 4 is 0 Å². The molecule has 1 atom stereocenters. The molecule has 0 radical (unpaired) electrons. The molecule has 84 valence electrons. The Kier molecular flexibility index (Phi) is 4.49. The van der Waals surface area contributed by atoms with Crippen LogP contribution in [0, 0.1) is 5.92 Å². The number of hydrogen-bond donors (Lipinski definition) is 1. The van der Waals surface area contributed by atoms with E-state index in [-0.39, 0.29) is 0 Å². The van der Waals surface area contributed by atoms with Crippen molar-refractivity contribution in [3.8, 4) is 5.88 Å². The highest BCUT2D eigenvalue weighted by Gasteiger charge is 2.11. The topological polar surface area (TPSA) is 55.2 Å². The van der Waals surface area contributed by atoms with Crippen molar-refractivity contribution in [2.45, 2.75) is 32.8 Å². The lowest BCUT2D eigenvalue weighted by atomic mass is 10.0. The number of hydrogen-bond acceptors (Lipinski definition) is 4. The Balaban J connectivity index is 2.60. The minimum atomic E-state index is -0.524. The average Bonchev–Trinajstić information content (AvgIpc) is 2.26. The summed E-state index contributed by atoms with van der Waals surface area (Å²) in [6.07, 6.45) is 2.59. The highest BCUT2D eigenvalue weighted by molar-refractivity contribution is 5.15. The molecule has 0 aliphatic heterocycles. The number of aliphatic hydroxyl groups is 1. The molecule has 0 fully saturated rings. The molecule has 0 spiro atoms. The highest BCUT2D eigenvalue weighted by Crippen LogP contribution is 2.20. The zero-order chi connectivity index (χ0) is 11.3. The normalized spacial score (nSPS) is 12.9. The van der Waals surface area contributed by atoms with Crippen LogP contribution in [0.3, 0.4) is 0 Å². The summed E-state index contributed by atoms with van der Waals surface area (Å²) in [6, 6.07) is 1.67. The van der Waals surface area contributed by atoms with Crippen LogP contribution in [0.1, 0.15) is 38.5 Å². The molecule has 0 saturated carbocycles. The van der Waals surface area contributed by atoms with Crippen LogP contribution in [0.2, 0.25) is 0 Å². The van der Waals surface area contributed by atoms with Crippen molar-refractivity contribution in [2.75, 3.05) is 7.11 Å². The van der Waals surface area contributed by atoms with E-state index in [0.717, 1.165) is 12.8 Å². The van der Waals surface area contributed by atoms with Crippen LogP contribution < -0.4 is 4.74 Å². The quantitative estimate of drug-likeness (QED) is 0.807. The molecule has 0 aromatic carbocycles. The van der Waals surface area contributed by atoms with Gasteiger partial charge in [0.2, 0.25) is 5.88 Å². The molecule has 0 saturated heterocycles. The highest BCUT2D eigenvalue weighted by atomic mass is 16.5. The molecule has 4 heteroatoms. The fourth-order valence-electron chi connectivity index (χ4n) is 1.29. The maximum atomic E-state index is 9.84. The van der Waals surface area contributed by atoms with Crippen molar-refractivity contribution in [1.29, 1.82) is 0 Å². The smallest absolute Gasteiger partial charge is 0.216 e. The molecule has 4 nitrogen and oxygen atoms in total. The first-order valence-electron chi connectivity index (χ1n) is 5.17. The van der Waals surface area contributed by atoms with Gasteiger partial charge in [-0.1, -0.05) is 13.8 Å². The van der Waals surface area contributed by atoms with E-state index in [0.29, 0.717) is 17.5 Å². The second-order valence-electron chi connectivity index (χ2n) is 3.97. The van der Waals surface area contributed by atoms with Crippen LogP contribution in [-0.2, 0) is 0 Å². The van der Waals surface area contributed by atoms with Crippen molar-refractivity contribution in [3.63, 3.8) is 0 Å². The summed E-state index contributed by atoms with van der Waals surface area (Å²) in [5, 5.41) is 9.84. The minimum absolute atomic E-state index is 0.489. The lowest BCUT2D eigenvalue weighted by molar-refractivity contribution is 0.154. The molecule has 1 aromatic heterocycles. The van der Waals surface area contributed by atoms with Crippen molar-refractivity contribution in [3.05, 3.63) is 18.1 Å². The third kappa shape index (κ3) is 3.83. The standard InChI is InChI=1S/C11H18N2O2/c1-8(2)4-5-10(14)9-6-11(15-3)13-7-12-9/h6-8,10,14H,4-5H2,1-3H3. The van der Waals surface area contributed by atoms with E-state index in [9.17, 15) is 5.11 Å². The van der Waals surface area contributed by atoms with Gasteiger partial charge in [-0.05, 0) is 18.8 Å². The Hall–Kier alpha value is -1.16. The van der Waals surface area contributed by atoms with E-state index < -0.39 is 6.10 Å². The molecule has 0 bridgehead atoms. The molecule has 0 aliphatic carbocycles. The Morgan fingerprint density at radius 2 is 2.07 bits per heavy atom. The number of aromatic nitrogens is 2. The zero-order valence-electron chi connectivity index (χ0n) is 9.47. The number of aliphatic hydroxyl groups excluding tert-OH is 1. The third-order valence-corrected chi connectivity index (χ3v) is 2.23. The molecule has 15 heavy (non-hydrogen) atoms. The fraction of sp³-hybridized carbons (Fsp3) is 0.636. The van der Waals surface area contributed by atoms with Gasteiger partial charge in [-0.15, -0.1) is 0 Å². The van der Waals surface area contributed by atoms with Gasteiger partial charge in [0.25, 0.3) is 0 Å². The Morgan fingerprint density at radius 1 is 1.33 bits per heavy atom. The number of rotatable bonds is 5.